The maximum absolute atomic E-state index is 12.4. The molecule has 0 N–H and O–H groups in total. The third-order valence-corrected chi connectivity index (χ3v) is 8.05. The van der Waals surface area contributed by atoms with Gasteiger partial charge in [0.15, 0.2) is 5.78 Å². The largest absolute Gasteiger partial charge is 0.370 e. The lowest BCUT2D eigenvalue weighted by atomic mass is 9.75. The second-order valence-electron chi connectivity index (χ2n) is 9.91. The summed E-state index contributed by atoms with van der Waals surface area (Å²) in [6, 6.07) is 10.7. The fraction of sp³-hybridized carbons (Fsp3) is 0.577. The number of nitrogens with zero attached hydrogens (tertiary/aromatic N) is 2. The summed E-state index contributed by atoms with van der Waals surface area (Å²) in [6.07, 6.45) is 7.44. The third kappa shape index (κ3) is 3.28. The van der Waals surface area contributed by atoms with Crippen molar-refractivity contribution in [2.45, 2.75) is 52.4 Å². The Morgan fingerprint density at radius 2 is 1.79 bits per heavy atom. The Labute approximate surface area is 175 Å². The van der Waals surface area contributed by atoms with Crippen molar-refractivity contribution in [3.63, 3.8) is 0 Å². The van der Waals surface area contributed by atoms with Gasteiger partial charge >= 0.3 is 0 Å². The average molecular weight is 391 g/mol. The molecule has 0 bridgehead atoms. The smallest absolute Gasteiger partial charge is 0.167 e. The number of hydrogen-bond acceptors (Lipinski definition) is 3. The minimum atomic E-state index is 0.278. The zero-order valence-electron chi connectivity index (χ0n) is 18.0. The SMILES string of the molecule is CC(C)C1(CN2CCCN(c3ccc4c5c(cccc35)C(=O)C4)CC2)CCCC1. The summed E-state index contributed by atoms with van der Waals surface area (Å²) >= 11 is 0. The highest BCUT2D eigenvalue weighted by molar-refractivity contribution is 6.17. The molecule has 3 nitrogen and oxygen atoms in total. The summed E-state index contributed by atoms with van der Waals surface area (Å²) in [5, 5.41) is 2.48. The van der Waals surface area contributed by atoms with Crippen molar-refractivity contribution in [2.75, 3.05) is 37.6 Å². The van der Waals surface area contributed by atoms with Crippen LogP contribution in [0.25, 0.3) is 10.8 Å². The van der Waals surface area contributed by atoms with E-state index in [1.165, 1.54) is 67.2 Å². The van der Waals surface area contributed by atoms with Crippen LogP contribution in [-0.2, 0) is 6.42 Å². The molecule has 29 heavy (non-hydrogen) atoms. The molecule has 154 valence electrons. The first-order valence-electron chi connectivity index (χ1n) is 11.6. The van der Waals surface area contributed by atoms with E-state index in [0.717, 1.165) is 31.1 Å². The summed E-state index contributed by atoms with van der Waals surface area (Å²) in [5.41, 5.74) is 4.00. The fourth-order valence-electron chi connectivity index (χ4n) is 6.20. The lowest BCUT2D eigenvalue weighted by Gasteiger charge is -2.38. The van der Waals surface area contributed by atoms with E-state index in [1.54, 1.807) is 0 Å². The lowest BCUT2D eigenvalue weighted by molar-refractivity contribution is 0.1000. The highest BCUT2D eigenvalue weighted by atomic mass is 16.1. The summed E-state index contributed by atoms with van der Waals surface area (Å²) in [4.78, 5) is 17.7. The molecule has 5 rings (SSSR count). The zero-order valence-corrected chi connectivity index (χ0v) is 18.0. The monoisotopic (exact) mass is 390 g/mol. The Hall–Kier alpha value is -1.87. The predicted octanol–water partition coefficient (Wildman–Crippen LogP) is 5.31. The van der Waals surface area contributed by atoms with Crippen LogP contribution in [0.2, 0.25) is 0 Å². The van der Waals surface area contributed by atoms with Crippen LogP contribution in [0, 0.1) is 11.3 Å². The van der Waals surface area contributed by atoms with Crippen molar-refractivity contribution in [2.24, 2.45) is 11.3 Å². The number of anilines is 1. The van der Waals surface area contributed by atoms with Crippen LogP contribution >= 0.6 is 0 Å². The van der Waals surface area contributed by atoms with Crippen LogP contribution < -0.4 is 4.90 Å². The second kappa shape index (κ2) is 7.43. The van der Waals surface area contributed by atoms with Gasteiger partial charge in [-0.1, -0.05) is 51.0 Å². The first-order valence-corrected chi connectivity index (χ1v) is 11.6. The Bertz CT molecular complexity index is 926. The number of carbonyl (C=O) groups is 1. The molecule has 0 spiro atoms. The molecule has 2 fully saturated rings. The summed E-state index contributed by atoms with van der Waals surface area (Å²) in [6.45, 7) is 10.7. The summed E-state index contributed by atoms with van der Waals surface area (Å²) in [7, 11) is 0. The molecule has 3 aliphatic rings. The standard InChI is InChI=1S/C26H34N2O/c1-19(2)26(11-3-4-12-26)18-27-13-6-14-28(16-15-27)23-10-9-20-17-24(29)22-8-5-7-21(23)25(20)22/h5,7-10,19H,3-4,6,11-18H2,1-2H3. The molecule has 0 radical (unpaired) electrons. The Kier molecular flexibility index (Phi) is 4.90. The lowest BCUT2D eigenvalue weighted by Crippen LogP contribution is -2.41. The first kappa shape index (κ1) is 19.1. The third-order valence-electron chi connectivity index (χ3n) is 8.05. The highest BCUT2D eigenvalue weighted by Gasteiger charge is 2.38. The predicted molar refractivity (Wildman–Crippen MR) is 121 cm³/mol. The van der Waals surface area contributed by atoms with E-state index < -0.39 is 0 Å². The molecule has 2 aromatic rings. The Morgan fingerprint density at radius 1 is 0.966 bits per heavy atom. The van der Waals surface area contributed by atoms with Gasteiger partial charge in [-0.25, -0.2) is 0 Å². The van der Waals surface area contributed by atoms with E-state index in [9.17, 15) is 4.79 Å². The molecule has 0 unspecified atom stereocenters. The van der Waals surface area contributed by atoms with Crippen LogP contribution in [0.4, 0.5) is 5.69 Å². The van der Waals surface area contributed by atoms with Crippen molar-refractivity contribution in [1.82, 2.24) is 4.90 Å². The van der Waals surface area contributed by atoms with Gasteiger partial charge in [0, 0.05) is 49.2 Å². The fourth-order valence-corrected chi connectivity index (χ4v) is 6.20. The van der Waals surface area contributed by atoms with Crippen LogP contribution in [0.1, 0.15) is 61.9 Å². The van der Waals surface area contributed by atoms with E-state index in [0.29, 0.717) is 11.8 Å². The van der Waals surface area contributed by atoms with E-state index in [2.05, 4.69) is 47.9 Å². The van der Waals surface area contributed by atoms with Crippen LogP contribution in [0.3, 0.4) is 0 Å². The Morgan fingerprint density at radius 3 is 2.59 bits per heavy atom. The molecule has 1 heterocycles. The quantitative estimate of drug-likeness (QED) is 0.707. The highest BCUT2D eigenvalue weighted by Crippen LogP contribution is 2.45. The van der Waals surface area contributed by atoms with Gasteiger partial charge in [0.1, 0.15) is 0 Å². The molecule has 0 amide bonds. The topological polar surface area (TPSA) is 23.6 Å². The van der Waals surface area contributed by atoms with Crippen molar-refractivity contribution in [1.29, 1.82) is 0 Å². The van der Waals surface area contributed by atoms with E-state index in [4.69, 9.17) is 0 Å². The number of rotatable bonds is 4. The molecule has 0 atom stereocenters. The van der Waals surface area contributed by atoms with Gasteiger partial charge in [-0.15, -0.1) is 0 Å². The van der Waals surface area contributed by atoms with E-state index in [1.807, 2.05) is 6.07 Å². The Balaban J connectivity index is 1.37. The van der Waals surface area contributed by atoms with Crippen LogP contribution in [-0.4, -0.2) is 43.4 Å². The molecule has 2 aromatic carbocycles. The number of Topliss-reactive ketones (excluding diaryl/α,β-unsaturated/α-hetero) is 1. The number of carbonyl (C=O) groups excluding carboxylic acids is 1. The van der Waals surface area contributed by atoms with Crippen molar-refractivity contribution >= 4 is 22.2 Å². The van der Waals surface area contributed by atoms with Gasteiger partial charge < -0.3 is 9.80 Å². The van der Waals surface area contributed by atoms with E-state index in [-0.39, 0.29) is 5.78 Å². The first-order chi connectivity index (χ1) is 14.1. The van der Waals surface area contributed by atoms with Gasteiger partial charge in [0.05, 0.1) is 0 Å². The molecular formula is C26H34N2O. The maximum atomic E-state index is 12.4. The average Bonchev–Trinajstić information content (AvgIpc) is 3.24. The molecule has 1 aliphatic heterocycles. The molecule has 2 aliphatic carbocycles. The number of benzene rings is 2. The van der Waals surface area contributed by atoms with Gasteiger partial charge in [-0.2, -0.15) is 0 Å². The zero-order chi connectivity index (χ0) is 20.0. The van der Waals surface area contributed by atoms with Gasteiger partial charge in [0.2, 0.25) is 0 Å². The van der Waals surface area contributed by atoms with Crippen molar-refractivity contribution in [3.8, 4) is 0 Å². The van der Waals surface area contributed by atoms with Crippen molar-refractivity contribution in [3.05, 3.63) is 41.5 Å². The number of hydrogen-bond donors (Lipinski definition) is 0. The molecule has 1 saturated heterocycles. The number of ketones is 1. The minimum absolute atomic E-state index is 0.278. The van der Waals surface area contributed by atoms with Crippen LogP contribution in [0.5, 0.6) is 0 Å². The van der Waals surface area contributed by atoms with Gasteiger partial charge in [-0.3, -0.25) is 4.79 Å². The van der Waals surface area contributed by atoms with Gasteiger partial charge in [0.25, 0.3) is 0 Å². The van der Waals surface area contributed by atoms with E-state index >= 15 is 0 Å². The van der Waals surface area contributed by atoms with Gasteiger partial charge in [-0.05, 0) is 54.2 Å². The minimum Gasteiger partial charge on any atom is -0.370 e. The van der Waals surface area contributed by atoms with Crippen molar-refractivity contribution < 1.29 is 4.79 Å². The normalized spacial score (nSPS) is 22.0. The second-order valence-corrected chi connectivity index (χ2v) is 9.91. The van der Waals surface area contributed by atoms with Crippen LogP contribution in [0.15, 0.2) is 30.3 Å². The molecule has 3 heteroatoms. The molecule has 1 saturated carbocycles. The molecule has 0 aromatic heterocycles. The summed E-state index contributed by atoms with van der Waals surface area (Å²) in [5.74, 6) is 1.05. The maximum Gasteiger partial charge on any atom is 0.167 e. The molecular weight excluding hydrogens is 356 g/mol. The summed E-state index contributed by atoms with van der Waals surface area (Å²) < 4.78 is 0.